The van der Waals surface area contributed by atoms with Crippen LogP contribution in [0.1, 0.15) is 31.8 Å². The summed E-state index contributed by atoms with van der Waals surface area (Å²) in [6.45, 7) is 1.76. The highest BCUT2D eigenvalue weighted by Crippen LogP contribution is 2.31. The van der Waals surface area contributed by atoms with E-state index in [9.17, 15) is 27.6 Å². The Kier molecular flexibility index (Phi) is 8.49. The monoisotopic (exact) mass is 619 g/mol. The van der Waals surface area contributed by atoms with Crippen molar-refractivity contribution in [2.24, 2.45) is 0 Å². The second-order valence-electron chi connectivity index (χ2n) is 9.53. The molecule has 1 aromatic heterocycles. The van der Waals surface area contributed by atoms with Crippen molar-refractivity contribution in [3.8, 4) is 5.75 Å². The van der Waals surface area contributed by atoms with Crippen LogP contribution < -0.4 is 26.0 Å². The lowest BCUT2D eigenvalue weighted by molar-refractivity contribution is -0.137. The zero-order valence-corrected chi connectivity index (χ0v) is 24.0. The number of nitrogens with one attached hydrogen (secondary N) is 4. The zero-order chi connectivity index (χ0) is 31.4. The Morgan fingerprint density at radius 2 is 1.48 bits per heavy atom. The number of aryl methyl sites for hydroxylation is 1. The summed E-state index contributed by atoms with van der Waals surface area (Å²) in [4.78, 5) is 42.6. The highest BCUT2D eigenvalue weighted by Gasteiger charge is 2.31. The number of halogens is 3. The number of benzene rings is 4. The topological polar surface area (TPSA) is 121 Å². The van der Waals surface area contributed by atoms with Crippen molar-refractivity contribution in [2.45, 2.75) is 13.1 Å². The maximum Gasteiger partial charge on any atom is 0.416 e. The number of anilines is 4. The largest absolute Gasteiger partial charge is 0.497 e. The second-order valence-corrected chi connectivity index (χ2v) is 10.6. The Labute approximate surface area is 253 Å². The molecular weight excluding hydrogens is 595 g/mol. The Balaban J connectivity index is 1.25. The van der Waals surface area contributed by atoms with Gasteiger partial charge in [0.2, 0.25) is 0 Å². The fourth-order valence-electron chi connectivity index (χ4n) is 4.12. The van der Waals surface area contributed by atoms with Crippen LogP contribution in [0.2, 0.25) is 0 Å². The number of alkyl halides is 3. The molecule has 0 aliphatic rings. The van der Waals surface area contributed by atoms with Crippen LogP contribution in [0.3, 0.4) is 0 Å². The summed E-state index contributed by atoms with van der Waals surface area (Å²) in [6.07, 6.45) is -4.58. The average molecular weight is 620 g/mol. The third-order valence-corrected chi connectivity index (χ3v) is 7.35. The number of methoxy groups -OCH3 is 1. The Morgan fingerprint density at radius 3 is 2.20 bits per heavy atom. The van der Waals surface area contributed by atoms with Crippen molar-refractivity contribution >= 4 is 61.6 Å². The van der Waals surface area contributed by atoms with Crippen LogP contribution in [-0.4, -0.2) is 29.9 Å². The molecule has 0 atom stereocenters. The van der Waals surface area contributed by atoms with Crippen LogP contribution in [-0.2, 0) is 6.18 Å². The molecule has 0 aliphatic heterocycles. The van der Waals surface area contributed by atoms with Gasteiger partial charge in [-0.05, 0) is 85.3 Å². The summed E-state index contributed by atoms with van der Waals surface area (Å²) in [5.74, 6) is -0.503. The molecule has 224 valence electrons. The third kappa shape index (κ3) is 7.13. The van der Waals surface area contributed by atoms with Gasteiger partial charge in [0.15, 0.2) is 5.13 Å². The lowest BCUT2D eigenvalue weighted by Gasteiger charge is -2.13. The standard InChI is InChI=1S/C31H24F3N5O4S/c1-17-6-8-22(35-27(40)18-4-3-5-20(14-18)31(32,33)34)16-25(17)37-28(41)19-7-13-24-26(15-19)44-30(38-24)39-29(42)36-21-9-11-23(43-2)12-10-21/h3-16H,1-2H3,(H,35,40)(H,37,41)(H2,36,38,39,42). The molecule has 0 saturated heterocycles. The second kappa shape index (κ2) is 12.4. The number of carbonyl (C=O) groups is 3. The summed E-state index contributed by atoms with van der Waals surface area (Å²) in [7, 11) is 1.55. The van der Waals surface area contributed by atoms with Crippen LogP contribution in [0.15, 0.2) is 84.9 Å². The first-order chi connectivity index (χ1) is 21.0. The number of thiazole rings is 1. The Hall–Kier alpha value is -5.43. The molecule has 13 heteroatoms. The van der Waals surface area contributed by atoms with Gasteiger partial charge in [-0.2, -0.15) is 13.2 Å². The van der Waals surface area contributed by atoms with Gasteiger partial charge in [0.05, 0.1) is 22.9 Å². The summed E-state index contributed by atoms with van der Waals surface area (Å²) in [5, 5.41) is 11.1. The summed E-state index contributed by atoms with van der Waals surface area (Å²) >= 11 is 1.19. The molecule has 0 radical (unpaired) electrons. The van der Waals surface area contributed by atoms with E-state index in [-0.39, 0.29) is 11.3 Å². The first-order valence-electron chi connectivity index (χ1n) is 13.0. The number of hydrogen-bond acceptors (Lipinski definition) is 6. The van der Waals surface area contributed by atoms with Crippen molar-refractivity contribution < 1.29 is 32.3 Å². The van der Waals surface area contributed by atoms with E-state index >= 15 is 0 Å². The van der Waals surface area contributed by atoms with Crippen molar-refractivity contribution in [2.75, 3.05) is 28.4 Å². The quantitative estimate of drug-likeness (QED) is 0.148. The minimum absolute atomic E-state index is 0.157. The number of nitrogens with zero attached hydrogens (tertiary/aromatic N) is 1. The third-order valence-electron chi connectivity index (χ3n) is 6.41. The normalized spacial score (nSPS) is 11.1. The first kappa shape index (κ1) is 30.0. The average Bonchev–Trinajstić information content (AvgIpc) is 3.40. The van der Waals surface area contributed by atoms with E-state index in [2.05, 4.69) is 26.3 Å². The van der Waals surface area contributed by atoms with Gasteiger partial charge in [0.1, 0.15) is 5.75 Å². The van der Waals surface area contributed by atoms with E-state index in [1.807, 2.05) is 0 Å². The number of urea groups is 1. The van der Waals surface area contributed by atoms with Gasteiger partial charge in [-0.1, -0.05) is 23.5 Å². The molecule has 0 unspecified atom stereocenters. The van der Waals surface area contributed by atoms with Gasteiger partial charge >= 0.3 is 12.2 Å². The fourth-order valence-corrected chi connectivity index (χ4v) is 5.02. The summed E-state index contributed by atoms with van der Waals surface area (Å²) in [5.41, 5.74) is 1.78. The Morgan fingerprint density at radius 1 is 0.773 bits per heavy atom. The van der Waals surface area contributed by atoms with Crippen molar-refractivity contribution in [3.05, 3.63) is 107 Å². The molecule has 5 aromatic rings. The van der Waals surface area contributed by atoms with Crippen molar-refractivity contribution in [3.63, 3.8) is 0 Å². The number of rotatable bonds is 7. The molecule has 1 heterocycles. The van der Waals surface area contributed by atoms with Crippen LogP contribution in [0, 0.1) is 6.92 Å². The van der Waals surface area contributed by atoms with Crippen molar-refractivity contribution in [1.82, 2.24) is 4.98 Å². The molecule has 4 N–H and O–H groups in total. The molecule has 4 aromatic carbocycles. The molecule has 44 heavy (non-hydrogen) atoms. The number of amides is 4. The van der Waals surface area contributed by atoms with E-state index in [0.29, 0.717) is 43.6 Å². The number of aromatic nitrogens is 1. The molecule has 0 bridgehead atoms. The van der Waals surface area contributed by atoms with E-state index in [1.165, 1.54) is 23.5 Å². The minimum Gasteiger partial charge on any atom is -0.497 e. The van der Waals surface area contributed by atoms with Crippen LogP contribution in [0.25, 0.3) is 10.2 Å². The van der Waals surface area contributed by atoms with E-state index in [1.54, 1.807) is 68.6 Å². The molecule has 0 fully saturated rings. The van der Waals surface area contributed by atoms with Crippen LogP contribution in [0.4, 0.5) is 40.2 Å². The number of fused-ring (bicyclic) bond motifs is 1. The number of carbonyl (C=O) groups excluding carboxylic acids is 3. The number of ether oxygens (including phenoxy) is 1. The highest BCUT2D eigenvalue weighted by molar-refractivity contribution is 7.22. The predicted octanol–water partition coefficient (Wildman–Crippen LogP) is 7.78. The Bertz CT molecular complexity index is 1870. The van der Waals surface area contributed by atoms with E-state index in [0.717, 1.165) is 18.2 Å². The van der Waals surface area contributed by atoms with Gasteiger partial charge in [0.25, 0.3) is 11.8 Å². The van der Waals surface area contributed by atoms with Gasteiger partial charge in [-0.3, -0.25) is 14.9 Å². The SMILES string of the molecule is COc1ccc(NC(=O)Nc2nc3ccc(C(=O)Nc4cc(NC(=O)c5cccc(C(F)(F)F)c5)ccc4C)cc3s2)cc1. The molecule has 0 saturated carbocycles. The lowest BCUT2D eigenvalue weighted by atomic mass is 10.1. The van der Waals surface area contributed by atoms with E-state index < -0.39 is 29.6 Å². The van der Waals surface area contributed by atoms with Gasteiger partial charge in [-0.25, -0.2) is 9.78 Å². The van der Waals surface area contributed by atoms with Crippen molar-refractivity contribution in [1.29, 1.82) is 0 Å². The summed E-state index contributed by atoms with van der Waals surface area (Å²) < 4.78 is 44.9. The van der Waals surface area contributed by atoms with Crippen LogP contribution in [0.5, 0.6) is 5.75 Å². The van der Waals surface area contributed by atoms with Gasteiger partial charge < -0.3 is 20.7 Å². The summed E-state index contributed by atoms with van der Waals surface area (Å²) in [6, 6.07) is 20.1. The molecule has 5 rings (SSSR count). The molecule has 0 spiro atoms. The molecule has 4 amide bonds. The van der Waals surface area contributed by atoms with Gasteiger partial charge in [-0.15, -0.1) is 0 Å². The molecule has 9 nitrogen and oxygen atoms in total. The first-order valence-corrected chi connectivity index (χ1v) is 13.8. The highest BCUT2D eigenvalue weighted by atomic mass is 32.1. The fraction of sp³-hybridized carbons (Fsp3) is 0.0968. The molecule has 0 aliphatic carbocycles. The lowest BCUT2D eigenvalue weighted by Crippen LogP contribution is -2.19. The van der Waals surface area contributed by atoms with E-state index in [4.69, 9.17) is 4.74 Å². The zero-order valence-electron chi connectivity index (χ0n) is 23.2. The smallest absolute Gasteiger partial charge is 0.416 e. The predicted molar refractivity (Wildman–Crippen MR) is 164 cm³/mol. The van der Waals surface area contributed by atoms with Gasteiger partial charge in [0, 0.05) is 28.2 Å². The number of hydrogen-bond donors (Lipinski definition) is 4. The maximum absolute atomic E-state index is 13.1. The minimum atomic E-state index is -4.58. The van der Waals surface area contributed by atoms with Crippen LogP contribution >= 0.6 is 11.3 Å². The maximum atomic E-state index is 13.1. The molecular formula is C31H24F3N5O4S.